The van der Waals surface area contributed by atoms with Crippen LogP contribution in [0.1, 0.15) is 51.7 Å². The molecule has 5 heterocycles. The lowest BCUT2D eigenvalue weighted by Crippen LogP contribution is -2.73. The maximum absolute atomic E-state index is 14.7. The Morgan fingerprint density at radius 3 is 2.65 bits per heavy atom. The van der Waals surface area contributed by atoms with E-state index in [0.29, 0.717) is 25.9 Å². The smallest absolute Gasteiger partial charge is 0.309 e. The van der Waals surface area contributed by atoms with E-state index in [9.17, 15) is 22.8 Å². The summed E-state index contributed by atoms with van der Waals surface area (Å²) < 4.78 is 35.9. The van der Waals surface area contributed by atoms with Crippen molar-refractivity contribution in [1.82, 2.24) is 25.0 Å². The Hall–Kier alpha value is -3.30. The van der Waals surface area contributed by atoms with Crippen molar-refractivity contribution >= 4 is 44.3 Å². The van der Waals surface area contributed by atoms with Crippen LogP contribution in [0.5, 0.6) is 0 Å². The zero-order valence-corrected chi connectivity index (χ0v) is 27.7. The maximum Gasteiger partial charge on any atom is 0.309 e. The van der Waals surface area contributed by atoms with E-state index in [4.69, 9.17) is 14.0 Å². The van der Waals surface area contributed by atoms with Gasteiger partial charge in [-0.3, -0.25) is 28.9 Å². The second-order valence-electron chi connectivity index (χ2n) is 14.0. The van der Waals surface area contributed by atoms with E-state index in [1.807, 2.05) is 31.5 Å². The molecule has 0 unspecified atom stereocenters. The number of hydrogen-bond donors (Lipinski definition) is 2. The highest BCUT2D eigenvalue weighted by atomic mass is 32.2. The molecule has 4 aliphatic heterocycles. The SMILES string of the molecule is CC(C)[C@H]1C(=O)N2CCC[C@H]2[C@@]2(OOS(C)(=O)=O)O[C@](NC(=O)[C@@H]3C=C4c5cccc6[nH]cc(c56)C[C@H]4N(C)C3)(C(C)C)C(=O)N12. The molecule has 7 rings (SSSR count). The molecule has 248 valence electrons. The summed E-state index contributed by atoms with van der Waals surface area (Å²) in [7, 11) is -2.17. The van der Waals surface area contributed by atoms with Crippen molar-refractivity contribution in [2.45, 2.75) is 76.7 Å². The van der Waals surface area contributed by atoms with Gasteiger partial charge in [0.15, 0.2) is 0 Å². The summed E-state index contributed by atoms with van der Waals surface area (Å²) in [5, 5.41) is 4.11. The highest BCUT2D eigenvalue weighted by Gasteiger charge is 2.74. The molecular formula is C32H41N5O8S. The van der Waals surface area contributed by atoms with Crippen LogP contribution < -0.4 is 5.32 Å². The zero-order valence-electron chi connectivity index (χ0n) is 26.9. The predicted octanol–water partition coefficient (Wildman–Crippen LogP) is 1.96. The molecule has 1 aliphatic carbocycles. The Bertz CT molecular complexity index is 1770. The molecule has 14 heteroatoms. The first kappa shape index (κ1) is 31.3. The van der Waals surface area contributed by atoms with Crippen molar-refractivity contribution in [2.24, 2.45) is 17.8 Å². The van der Waals surface area contributed by atoms with Gasteiger partial charge >= 0.3 is 5.91 Å². The molecule has 2 N–H and O–H groups in total. The molecule has 5 aliphatic rings. The first-order valence-corrected chi connectivity index (χ1v) is 17.7. The summed E-state index contributed by atoms with van der Waals surface area (Å²) in [6.45, 7) is 7.85. The number of carbonyl (C=O) groups excluding carboxylic acids is 3. The number of fused-ring (bicyclic) bond motifs is 5. The predicted molar refractivity (Wildman–Crippen MR) is 167 cm³/mol. The monoisotopic (exact) mass is 655 g/mol. The fraction of sp³-hybridized carbons (Fsp3) is 0.594. The van der Waals surface area contributed by atoms with Crippen LogP contribution in [0.2, 0.25) is 0 Å². The van der Waals surface area contributed by atoms with Gasteiger partial charge in [-0.05, 0) is 55.0 Å². The zero-order chi connectivity index (χ0) is 32.9. The van der Waals surface area contributed by atoms with Crippen LogP contribution in [0.25, 0.3) is 16.5 Å². The number of ether oxygens (including phenoxy) is 1. The number of amides is 3. The van der Waals surface area contributed by atoms with Gasteiger partial charge in [0, 0.05) is 42.1 Å². The second kappa shape index (κ2) is 10.6. The van der Waals surface area contributed by atoms with Crippen LogP contribution in [0.4, 0.5) is 0 Å². The Morgan fingerprint density at radius 1 is 1.20 bits per heavy atom. The van der Waals surface area contributed by atoms with Gasteiger partial charge in [-0.1, -0.05) is 45.9 Å². The Labute approximate surface area is 268 Å². The van der Waals surface area contributed by atoms with Crippen molar-refractivity contribution in [1.29, 1.82) is 0 Å². The van der Waals surface area contributed by atoms with Crippen LogP contribution in [-0.2, 0) is 44.9 Å². The van der Waals surface area contributed by atoms with Crippen LogP contribution in [0, 0.1) is 17.8 Å². The number of likely N-dealkylation sites (N-methyl/N-ethyl adjacent to an activating group) is 1. The second-order valence-corrected chi connectivity index (χ2v) is 15.5. The number of carbonyl (C=O) groups is 3. The topological polar surface area (TPSA) is 151 Å². The van der Waals surface area contributed by atoms with Crippen LogP contribution >= 0.6 is 0 Å². The molecule has 46 heavy (non-hydrogen) atoms. The molecule has 3 saturated heterocycles. The van der Waals surface area contributed by atoms with E-state index in [2.05, 4.69) is 21.3 Å². The average Bonchev–Trinajstić information content (AvgIpc) is 3.71. The lowest BCUT2D eigenvalue weighted by atomic mass is 9.79. The van der Waals surface area contributed by atoms with Gasteiger partial charge in [-0.2, -0.15) is 13.3 Å². The highest BCUT2D eigenvalue weighted by molar-refractivity contribution is 7.85. The van der Waals surface area contributed by atoms with Crippen molar-refractivity contribution in [3.63, 3.8) is 0 Å². The van der Waals surface area contributed by atoms with E-state index >= 15 is 0 Å². The first-order valence-electron chi connectivity index (χ1n) is 15.9. The number of nitrogens with one attached hydrogen (secondary N) is 2. The van der Waals surface area contributed by atoms with Gasteiger partial charge < -0.3 is 15.2 Å². The van der Waals surface area contributed by atoms with Crippen molar-refractivity contribution in [3.8, 4) is 0 Å². The molecule has 2 aromatic rings. The average molecular weight is 656 g/mol. The van der Waals surface area contributed by atoms with Crippen LogP contribution in [0.3, 0.4) is 0 Å². The third kappa shape index (κ3) is 4.48. The lowest BCUT2D eigenvalue weighted by Gasteiger charge is -2.50. The fourth-order valence-corrected chi connectivity index (χ4v) is 8.39. The molecule has 1 aromatic carbocycles. The Balaban J connectivity index is 1.29. The number of benzene rings is 1. The summed E-state index contributed by atoms with van der Waals surface area (Å²) >= 11 is 0. The van der Waals surface area contributed by atoms with E-state index in [0.717, 1.165) is 34.7 Å². The highest BCUT2D eigenvalue weighted by Crippen LogP contribution is 2.51. The van der Waals surface area contributed by atoms with Gasteiger partial charge in [0.25, 0.3) is 16.0 Å². The molecular weight excluding hydrogens is 614 g/mol. The Kier molecular flexibility index (Phi) is 7.22. The summed E-state index contributed by atoms with van der Waals surface area (Å²) in [5.74, 6) is -5.15. The maximum atomic E-state index is 14.7. The largest absolute Gasteiger partial charge is 0.361 e. The van der Waals surface area contributed by atoms with E-state index in [1.54, 1.807) is 32.6 Å². The molecule has 13 nitrogen and oxygen atoms in total. The van der Waals surface area contributed by atoms with Gasteiger partial charge in [-0.25, -0.2) is 0 Å². The molecule has 1 aromatic heterocycles. The van der Waals surface area contributed by atoms with Gasteiger partial charge in [0.1, 0.15) is 12.1 Å². The van der Waals surface area contributed by atoms with Crippen molar-refractivity contribution in [2.75, 3.05) is 26.4 Å². The normalized spacial score (nSPS) is 32.7. The Morgan fingerprint density at radius 2 is 1.96 bits per heavy atom. The number of aromatic nitrogens is 1. The number of piperazine rings is 1. The minimum absolute atomic E-state index is 0.0892. The first-order chi connectivity index (χ1) is 21.7. The summed E-state index contributed by atoms with van der Waals surface area (Å²) in [6.07, 6.45) is 6.64. The fourth-order valence-electron chi connectivity index (χ4n) is 8.17. The molecule has 6 atom stereocenters. The summed E-state index contributed by atoms with van der Waals surface area (Å²) in [5.41, 5.74) is 2.42. The van der Waals surface area contributed by atoms with Crippen molar-refractivity contribution < 1.29 is 36.8 Å². The standard InChI is InChI=1S/C32H41N5O8S/c1-17(2)27-29(39)36-12-8-11-25(36)32(44-45-46(6,41)42)37(27)30(40)31(43-32,18(3)4)34-28(38)20-13-22-21-9-7-10-23-26(21)19(15-33-23)14-24(22)35(5)16-20/h7,9-10,13,15,17-18,20,24-25,27,33H,8,11-12,14,16H2,1-6H3,(H,34,38)/t20-,24-,25+,27+,31-,32+/m1/s1. The van der Waals surface area contributed by atoms with E-state index < -0.39 is 57.5 Å². The number of rotatable bonds is 7. The molecule has 3 fully saturated rings. The third-order valence-electron chi connectivity index (χ3n) is 10.3. The van der Waals surface area contributed by atoms with Gasteiger partial charge in [0.2, 0.25) is 17.5 Å². The molecule has 0 bridgehead atoms. The molecule has 3 amide bonds. The van der Waals surface area contributed by atoms with E-state index in [1.165, 1.54) is 10.5 Å². The minimum atomic E-state index is -4.16. The van der Waals surface area contributed by atoms with Crippen LogP contribution in [0.15, 0.2) is 30.5 Å². The van der Waals surface area contributed by atoms with Gasteiger partial charge in [-0.15, -0.1) is 4.33 Å². The third-order valence-corrected chi connectivity index (χ3v) is 10.6. The number of nitrogens with zero attached hydrogens (tertiary/aromatic N) is 3. The molecule has 0 spiro atoms. The minimum Gasteiger partial charge on any atom is -0.361 e. The number of H-pyrrole nitrogens is 1. The molecule has 0 radical (unpaired) electrons. The quantitative estimate of drug-likeness (QED) is 0.337. The number of hydrogen-bond acceptors (Lipinski definition) is 9. The summed E-state index contributed by atoms with van der Waals surface area (Å²) in [6, 6.07) is 4.31. The van der Waals surface area contributed by atoms with Crippen LogP contribution in [-0.4, -0.2) is 102 Å². The van der Waals surface area contributed by atoms with E-state index in [-0.39, 0.29) is 17.9 Å². The summed E-state index contributed by atoms with van der Waals surface area (Å²) in [4.78, 5) is 56.8. The molecule has 0 saturated carbocycles. The van der Waals surface area contributed by atoms with Crippen molar-refractivity contribution in [3.05, 3.63) is 41.6 Å². The van der Waals surface area contributed by atoms with Gasteiger partial charge in [0.05, 0.1) is 12.2 Å². The number of aromatic amines is 1. The lowest BCUT2D eigenvalue weighted by molar-refractivity contribution is -0.442.